The van der Waals surface area contributed by atoms with Crippen molar-refractivity contribution in [2.24, 2.45) is 5.92 Å². The molecule has 1 saturated heterocycles. The van der Waals surface area contributed by atoms with E-state index in [-0.39, 0.29) is 30.6 Å². The van der Waals surface area contributed by atoms with Gasteiger partial charge in [0.05, 0.1) is 12.5 Å². The molecular formula is C18H28N4O5. The van der Waals surface area contributed by atoms with Crippen molar-refractivity contribution >= 4 is 23.7 Å². The summed E-state index contributed by atoms with van der Waals surface area (Å²) in [6.45, 7) is 8.06. The molecule has 0 aromatic carbocycles. The van der Waals surface area contributed by atoms with Crippen LogP contribution in [-0.2, 0) is 23.9 Å². The molecule has 1 aliphatic heterocycles. The van der Waals surface area contributed by atoms with Gasteiger partial charge in [-0.2, -0.15) is 5.26 Å². The molecule has 0 aliphatic carbocycles. The van der Waals surface area contributed by atoms with Crippen LogP contribution in [0.3, 0.4) is 0 Å². The molecule has 1 atom stereocenters. The topological polar surface area (TPSA) is 120 Å². The van der Waals surface area contributed by atoms with Crippen molar-refractivity contribution in [1.29, 1.82) is 5.26 Å². The van der Waals surface area contributed by atoms with E-state index in [0.717, 1.165) is 0 Å². The highest BCUT2D eigenvalue weighted by molar-refractivity contribution is 5.84. The van der Waals surface area contributed by atoms with Gasteiger partial charge in [-0.3, -0.25) is 19.2 Å². The summed E-state index contributed by atoms with van der Waals surface area (Å²) in [5, 5.41) is 11.7. The zero-order valence-electron chi connectivity index (χ0n) is 16.4. The van der Waals surface area contributed by atoms with Gasteiger partial charge in [0.1, 0.15) is 5.54 Å². The van der Waals surface area contributed by atoms with Gasteiger partial charge in [-0.15, -0.1) is 0 Å². The number of nitrogens with one attached hydrogen (secondary N) is 1. The molecule has 0 aromatic rings. The number of hydrogen-bond acceptors (Lipinski definition) is 6. The van der Waals surface area contributed by atoms with E-state index in [0.29, 0.717) is 26.2 Å². The van der Waals surface area contributed by atoms with Gasteiger partial charge in [0.15, 0.2) is 6.61 Å². The molecule has 3 amide bonds. The first-order valence-corrected chi connectivity index (χ1v) is 9.00. The van der Waals surface area contributed by atoms with Gasteiger partial charge >= 0.3 is 5.97 Å². The van der Waals surface area contributed by atoms with Gasteiger partial charge in [-0.1, -0.05) is 13.8 Å². The standard InChI is InChI=1S/C18H28N4O5/c1-13(2)18(4,12-19)20-15(24)11-27-17(26)6-5-16(25)22-9-7-21(8-10-22)14(3)23/h13H,5-11H2,1-4H3,(H,20,24)/t18-/m1/s1. The molecule has 0 aromatic heterocycles. The smallest absolute Gasteiger partial charge is 0.306 e. The summed E-state index contributed by atoms with van der Waals surface area (Å²) in [5.41, 5.74) is -1.04. The van der Waals surface area contributed by atoms with E-state index in [1.54, 1.807) is 30.6 Å². The van der Waals surface area contributed by atoms with Gasteiger partial charge in [0.25, 0.3) is 5.91 Å². The quantitative estimate of drug-likeness (QED) is 0.624. The second-order valence-corrected chi connectivity index (χ2v) is 7.06. The molecule has 1 fully saturated rings. The Balaban J connectivity index is 2.31. The SMILES string of the molecule is CC(=O)N1CCN(C(=O)CCC(=O)OCC(=O)N[C@](C)(C#N)C(C)C)CC1. The van der Waals surface area contributed by atoms with Crippen LogP contribution < -0.4 is 5.32 Å². The Morgan fingerprint density at radius 1 is 1.11 bits per heavy atom. The van der Waals surface area contributed by atoms with E-state index < -0.39 is 24.0 Å². The average Bonchev–Trinajstić information content (AvgIpc) is 2.64. The second kappa shape index (κ2) is 9.90. The number of piperazine rings is 1. The summed E-state index contributed by atoms with van der Waals surface area (Å²) in [6.07, 6.45) is -0.138. The van der Waals surface area contributed by atoms with Crippen LogP contribution in [0.2, 0.25) is 0 Å². The third-order valence-corrected chi connectivity index (χ3v) is 4.77. The Labute approximate surface area is 159 Å². The Morgan fingerprint density at radius 3 is 2.15 bits per heavy atom. The zero-order valence-corrected chi connectivity index (χ0v) is 16.4. The van der Waals surface area contributed by atoms with Crippen LogP contribution in [0.4, 0.5) is 0 Å². The van der Waals surface area contributed by atoms with Crippen LogP contribution in [0.15, 0.2) is 0 Å². The predicted octanol–water partition coefficient (Wildman–Crippen LogP) is 0.0550. The molecule has 0 saturated carbocycles. The summed E-state index contributed by atoms with van der Waals surface area (Å²) in [6, 6.07) is 2.04. The molecule has 27 heavy (non-hydrogen) atoms. The van der Waals surface area contributed by atoms with Crippen LogP contribution in [-0.4, -0.2) is 71.8 Å². The molecule has 9 nitrogen and oxygen atoms in total. The molecule has 9 heteroatoms. The lowest BCUT2D eigenvalue weighted by Gasteiger charge is -2.34. The fourth-order valence-electron chi connectivity index (χ4n) is 2.48. The lowest BCUT2D eigenvalue weighted by atomic mass is 9.90. The Hall–Kier alpha value is -2.63. The first-order valence-electron chi connectivity index (χ1n) is 9.00. The van der Waals surface area contributed by atoms with Crippen molar-refractivity contribution in [3.63, 3.8) is 0 Å². The highest BCUT2D eigenvalue weighted by Crippen LogP contribution is 2.14. The summed E-state index contributed by atoms with van der Waals surface area (Å²) >= 11 is 0. The maximum atomic E-state index is 12.1. The van der Waals surface area contributed by atoms with Crippen molar-refractivity contribution in [1.82, 2.24) is 15.1 Å². The molecule has 0 bridgehead atoms. The summed E-state index contributed by atoms with van der Waals surface area (Å²) < 4.78 is 4.88. The summed E-state index contributed by atoms with van der Waals surface area (Å²) in [5.74, 6) is -1.52. The normalized spacial score (nSPS) is 16.3. The number of nitrogens with zero attached hydrogens (tertiary/aromatic N) is 3. The third-order valence-electron chi connectivity index (χ3n) is 4.77. The van der Waals surface area contributed by atoms with Crippen LogP contribution in [0.1, 0.15) is 40.5 Å². The summed E-state index contributed by atoms with van der Waals surface area (Å²) in [7, 11) is 0. The van der Waals surface area contributed by atoms with Gasteiger partial charge in [-0.25, -0.2) is 0 Å². The van der Waals surface area contributed by atoms with Crippen molar-refractivity contribution in [3.05, 3.63) is 0 Å². The van der Waals surface area contributed by atoms with E-state index in [1.807, 2.05) is 6.07 Å². The van der Waals surface area contributed by atoms with Crippen molar-refractivity contribution in [2.75, 3.05) is 32.8 Å². The van der Waals surface area contributed by atoms with Crippen molar-refractivity contribution < 1.29 is 23.9 Å². The minimum Gasteiger partial charge on any atom is -0.456 e. The maximum Gasteiger partial charge on any atom is 0.306 e. The Morgan fingerprint density at radius 2 is 1.67 bits per heavy atom. The molecule has 0 spiro atoms. The zero-order chi connectivity index (χ0) is 20.6. The largest absolute Gasteiger partial charge is 0.456 e. The van der Waals surface area contributed by atoms with Gasteiger partial charge in [-0.05, 0) is 12.8 Å². The minimum absolute atomic E-state index is 0.0115. The van der Waals surface area contributed by atoms with E-state index in [4.69, 9.17) is 10.00 Å². The first-order chi connectivity index (χ1) is 12.6. The molecule has 1 heterocycles. The van der Waals surface area contributed by atoms with Crippen molar-refractivity contribution in [3.8, 4) is 6.07 Å². The van der Waals surface area contributed by atoms with Gasteiger partial charge in [0.2, 0.25) is 11.8 Å². The van der Waals surface area contributed by atoms with E-state index in [1.165, 1.54) is 6.92 Å². The third kappa shape index (κ3) is 6.89. The number of carbonyl (C=O) groups excluding carboxylic acids is 4. The van der Waals surface area contributed by atoms with E-state index >= 15 is 0 Å². The van der Waals surface area contributed by atoms with Crippen molar-refractivity contribution in [2.45, 2.75) is 46.1 Å². The summed E-state index contributed by atoms with van der Waals surface area (Å²) in [4.78, 5) is 50.3. The molecule has 0 radical (unpaired) electrons. The fourth-order valence-corrected chi connectivity index (χ4v) is 2.48. The van der Waals surface area contributed by atoms with Gasteiger partial charge in [0, 0.05) is 39.5 Å². The Kier molecular flexibility index (Phi) is 8.22. The molecular weight excluding hydrogens is 352 g/mol. The lowest BCUT2D eigenvalue weighted by Crippen LogP contribution is -2.50. The molecule has 150 valence electrons. The predicted molar refractivity (Wildman–Crippen MR) is 96.0 cm³/mol. The lowest BCUT2D eigenvalue weighted by molar-refractivity contribution is -0.150. The molecule has 0 unspecified atom stereocenters. The number of esters is 1. The number of amides is 3. The number of ether oxygens (including phenoxy) is 1. The fraction of sp³-hybridized carbons (Fsp3) is 0.722. The minimum atomic E-state index is -1.04. The van der Waals surface area contributed by atoms with Crippen LogP contribution in [0.25, 0.3) is 0 Å². The van der Waals surface area contributed by atoms with Crippen LogP contribution in [0.5, 0.6) is 0 Å². The highest BCUT2D eigenvalue weighted by atomic mass is 16.5. The monoisotopic (exact) mass is 380 g/mol. The maximum absolute atomic E-state index is 12.1. The van der Waals surface area contributed by atoms with Crippen LogP contribution in [0, 0.1) is 17.2 Å². The number of nitriles is 1. The van der Waals surface area contributed by atoms with E-state index in [9.17, 15) is 19.2 Å². The van der Waals surface area contributed by atoms with Crippen LogP contribution >= 0.6 is 0 Å². The number of rotatable bonds is 7. The number of hydrogen-bond donors (Lipinski definition) is 1. The molecule has 1 rings (SSSR count). The first kappa shape index (κ1) is 22.4. The second-order valence-electron chi connectivity index (χ2n) is 7.06. The van der Waals surface area contributed by atoms with E-state index in [2.05, 4.69) is 5.32 Å². The molecule has 1 aliphatic rings. The highest BCUT2D eigenvalue weighted by Gasteiger charge is 2.30. The number of carbonyl (C=O) groups is 4. The Bertz CT molecular complexity index is 620. The molecule has 1 N–H and O–H groups in total. The van der Waals surface area contributed by atoms with Gasteiger partial charge < -0.3 is 19.9 Å². The average molecular weight is 380 g/mol.